The van der Waals surface area contributed by atoms with Crippen molar-refractivity contribution in [1.82, 2.24) is 9.78 Å². The Morgan fingerprint density at radius 1 is 1.29 bits per heavy atom. The Hall–Kier alpha value is -1.52. The van der Waals surface area contributed by atoms with Gasteiger partial charge in [0, 0.05) is 19.2 Å². The van der Waals surface area contributed by atoms with Crippen molar-refractivity contribution < 1.29 is 9.47 Å². The minimum Gasteiger partial charge on any atom is -0.497 e. The van der Waals surface area contributed by atoms with E-state index in [2.05, 4.69) is 5.10 Å². The second-order valence-corrected chi connectivity index (χ2v) is 3.89. The molecule has 1 aromatic carbocycles. The van der Waals surface area contributed by atoms with Crippen molar-refractivity contribution in [2.45, 2.75) is 6.61 Å². The zero-order valence-electron chi connectivity index (χ0n) is 9.68. The van der Waals surface area contributed by atoms with Crippen molar-refractivity contribution in [3.8, 4) is 11.4 Å². The smallest absolute Gasteiger partial charge is 0.133 e. The minimum absolute atomic E-state index is 0.441. The van der Waals surface area contributed by atoms with Crippen molar-refractivity contribution in [2.24, 2.45) is 0 Å². The molecule has 2 aromatic rings. The van der Waals surface area contributed by atoms with E-state index in [1.54, 1.807) is 25.0 Å². The Balaban J connectivity index is 2.37. The molecule has 1 heterocycles. The number of benzene rings is 1. The number of methoxy groups -OCH3 is 2. The predicted octanol–water partition coefficient (Wildman–Crippen LogP) is 2.68. The summed E-state index contributed by atoms with van der Waals surface area (Å²) in [7, 11) is 3.25. The molecule has 1 aromatic heterocycles. The standard InChI is InChI=1S/C12H13ClN2O2/c1-16-8-9-6-12(13)15(14-9)10-4-3-5-11(7-10)17-2/h3-7H,8H2,1-2H3. The third-order valence-electron chi connectivity index (χ3n) is 2.31. The molecule has 0 spiro atoms. The van der Waals surface area contributed by atoms with Crippen molar-refractivity contribution in [1.29, 1.82) is 0 Å². The molecule has 0 atom stereocenters. The topological polar surface area (TPSA) is 36.3 Å². The van der Waals surface area contributed by atoms with Gasteiger partial charge in [-0.3, -0.25) is 0 Å². The lowest BCUT2D eigenvalue weighted by atomic mass is 10.3. The van der Waals surface area contributed by atoms with Crippen molar-refractivity contribution in [3.05, 3.63) is 41.2 Å². The molecule has 0 saturated carbocycles. The molecule has 90 valence electrons. The lowest BCUT2D eigenvalue weighted by Crippen LogP contribution is -1.98. The van der Waals surface area contributed by atoms with Crippen LogP contribution in [0.5, 0.6) is 5.75 Å². The predicted molar refractivity (Wildman–Crippen MR) is 65.8 cm³/mol. The molecule has 0 saturated heterocycles. The molecule has 0 fully saturated rings. The number of aromatic nitrogens is 2. The fourth-order valence-corrected chi connectivity index (χ4v) is 1.81. The molecule has 2 rings (SSSR count). The summed E-state index contributed by atoms with van der Waals surface area (Å²) in [4.78, 5) is 0. The second-order valence-electron chi connectivity index (χ2n) is 3.50. The summed E-state index contributed by atoms with van der Waals surface area (Å²) in [5.41, 5.74) is 1.65. The van der Waals surface area contributed by atoms with Crippen LogP contribution < -0.4 is 4.74 Å². The van der Waals surface area contributed by atoms with Crippen LogP contribution in [0.1, 0.15) is 5.69 Å². The van der Waals surface area contributed by atoms with Crippen molar-refractivity contribution in [3.63, 3.8) is 0 Å². The third-order valence-corrected chi connectivity index (χ3v) is 2.58. The Bertz CT molecular complexity index is 511. The van der Waals surface area contributed by atoms with E-state index in [9.17, 15) is 0 Å². The van der Waals surface area contributed by atoms with Crippen molar-refractivity contribution >= 4 is 11.6 Å². The summed E-state index contributed by atoms with van der Waals surface area (Å²) < 4.78 is 11.8. The van der Waals surface area contributed by atoms with Crippen LogP contribution in [0.25, 0.3) is 5.69 Å². The number of ether oxygens (including phenoxy) is 2. The maximum Gasteiger partial charge on any atom is 0.133 e. The van der Waals surface area contributed by atoms with Gasteiger partial charge in [0.25, 0.3) is 0 Å². The first-order valence-corrected chi connectivity index (χ1v) is 5.50. The fourth-order valence-electron chi connectivity index (χ4n) is 1.55. The monoisotopic (exact) mass is 252 g/mol. The zero-order chi connectivity index (χ0) is 12.3. The van der Waals surface area contributed by atoms with E-state index in [0.717, 1.165) is 17.1 Å². The van der Waals surface area contributed by atoms with Gasteiger partial charge in [0.1, 0.15) is 10.9 Å². The van der Waals surface area contributed by atoms with Crippen LogP contribution in [0.3, 0.4) is 0 Å². The number of nitrogens with zero attached hydrogens (tertiary/aromatic N) is 2. The van der Waals surface area contributed by atoms with Crippen LogP contribution in [-0.2, 0) is 11.3 Å². The first kappa shape index (κ1) is 12.0. The Morgan fingerprint density at radius 2 is 2.12 bits per heavy atom. The van der Waals surface area contributed by atoms with Crippen LogP contribution in [0.15, 0.2) is 30.3 Å². The zero-order valence-corrected chi connectivity index (χ0v) is 10.4. The van der Waals surface area contributed by atoms with E-state index >= 15 is 0 Å². The summed E-state index contributed by atoms with van der Waals surface area (Å²) >= 11 is 6.11. The van der Waals surface area contributed by atoms with Gasteiger partial charge in [-0.1, -0.05) is 17.7 Å². The third kappa shape index (κ3) is 2.60. The molecule has 0 N–H and O–H groups in total. The number of hydrogen-bond donors (Lipinski definition) is 0. The Morgan fingerprint density at radius 3 is 2.82 bits per heavy atom. The molecule has 0 unspecified atom stereocenters. The van der Waals surface area contributed by atoms with E-state index in [0.29, 0.717) is 11.8 Å². The van der Waals surface area contributed by atoms with Gasteiger partial charge in [-0.15, -0.1) is 0 Å². The lowest BCUT2D eigenvalue weighted by Gasteiger charge is -2.05. The first-order chi connectivity index (χ1) is 8.24. The normalized spacial score (nSPS) is 10.5. The van der Waals surface area contributed by atoms with Gasteiger partial charge in [0.05, 0.1) is 25.1 Å². The maximum atomic E-state index is 6.11. The van der Waals surface area contributed by atoms with Crippen LogP contribution in [0.4, 0.5) is 0 Å². The molecular weight excluding hydrogens is 240 g/mol. The van der Waals surface area contributed by atoms with E-state index in [4.69, 9.17) is 21.1 Å². The highest BCUT2D eigenvalue weighted by molar-refractivity contribution is 6.29. The summed E-state index contributed by atoms with van der Waals surface area (Å²) in [5.74, 6) is 0.766. The number of halogens is 1. The highest BCUT2D eigenvalue weighted by atomic mass is 35.5. The van der Waals surface area contributed by atoms with Crippen LogP contribution in [0.2, 0.25) is 5.15 Å². The van der Waals surface area contributed by atoms with Gasteiger partial charge in [-0.2, -0.15) is 5.10 Å². The molecule has 0 amide bonds. The summed E-state index contributed by atoms with van der Waals surface area (Å²) in [6.07, 6.45) is 0. The largest absolute Gasteiger partial charge is 0.497 e. The van der Waals surface area contributed by atoms with Gasteiger partial charge in [0.2, 0.25) is 0 Å². The average Bonchev–Trinajstić information content (AvgIpc) is 2.71. The first-order valence-electron chi connectivity index (χ1n) is 5.12. The molecule has 4 nitrogen and oxygen atoms in total. The number of rotatable bonds is 4. The van der Waals surface area contributed by atoms with E-state index in [1.165, 1.54) is 0 Å². The molecule has 0 aliphatic heterocycles. The maximum absolute atomic E-state index is 6.11. The highest BCUT2D eigenvalue weighted by Crippen LogP contribution is 2.21. The van der Waals surface area contributed by atoms with Gasteiger partial charge in [0.15, 0.2) is 0 Å². The minimum atomic E-state index is 0.441. The summed E-state index contributed by atoms with van der Waals surface area (Å²) in [6.45, 7) is 0.441. The van der Waals surface area contributed by atoms with Gasteiger partial charge in [-0.25, -0.2) is 4.68 Å². The van der Waals surface area contributed by atoms with Crippen LogP contribution in [-0.4, -0.2) is 24.0 Å². The Labute approximate surface area is 105 Å². The van der Waals surface area contributed by atoms with Gasteiger partial charge < -0.3 is 9.47 Å². The second kappa shape index (κ2) is 5.21. The molecule has 0 aliphatic rings. The van der Waals surface area contributed by atoms with E-state index in [1.807, 2.05) is 24.3 Å². The van der Waals surface area contributed by atoms with E-state index in [-0.39, 0.29) is 0 Å². The van der Waals surface area contributed by atoms with Gasteiger partial charge in [-0.05, 0) is 12.1 Å². The van der Waals surface area contributed by atoms with Crippen LogP contribution in [0, 0.1) is 0 Å². The molecule has 0 radical (unpaired) electrons. The molecular formula is C12H13ClN2O2. The average molecular weight is 253 g/mol. The lowest BCUT2D eigenvalue weighted by molar-refractivity contribution is 0.181. The summed E-state index contributed by atoms with van der Waals surface area (Å²) in [6, 6.07) is 9.33. The SMILES string of the molecule is COCc1cc(Cl)n(-c2cccc(OC)c2)n1. The van der Waals surface area contributed by atoms with Crippen LogP contribution >= 0.6 is 11.6 Å². The Kier molecular flexibility index (Phi) is 3.66. The number of hydrogen-bond acceptors (Lipinski definition) is 3. The molecule has 0 bridgehead atoms. The molecule has 0 aliphatic carbocycles. The van der Waals surface area contributed by atoms with E-state index < -0.39 is 0 Å². The van der Waals surface area contributed by atoms with Gasteiger partial charge >= 0.3 is 0 Å². The van der Waals surface area contributed by atoms with Crippen molar-refractivity contribution in [2.75, 3.05) is 14.2 Å². The highest BCUT2D eigenvalue weighted by Gasteiger charge is 2.08. The summed E-state index contributed by atoms with van der Waals surface area (Å²) in [5, 5.41) is 4.90. The molecule has 5 heteroatoms. The fraction of sp³-hybridized carbons (Fsp3) is 0.250. The molecule has 17 heavy (non-hydrogen) atoms. The quantitative estimate of drug-likeness (QED) is 0.839.